The van der Waals surface area contributed by atoms with Gasteiger partial charge in [-0.3, -0.25) is 13.8 Å². The van der Waals surface area contributed by atoms with Gasteiger partial charge in [0.05, 0.1) is 27.3 Å². The third-order valence-corrected chi connectivity index (χ3v) is 6.33. The number of hydrogen-bond acceptors (Lipinski definition) is 5. The number of para-hydroxylation sites is 1. The zero-order valence-corrected chi connectivity index (χ0v) is 18.8. The van der Waals surface area contributed by atoms with Crippen LogP contribution in [0, 0.1) is 19.7 Å². The number of thioether (sulfide) groups is 1. The molecule has 160 valence electrons. The summed E-state index contributed by atoms with van der Waals surface area (Å²) in [5, 5.41) is 0.880. The van der Waals surface area contributed by atoms with Gasteiger partial charge in [0.1, 0.15) is 5.82 Å². The number of nitrogens with zero attached hydrogens (tertiary/aromatic N) is 5. The lowest BCUT2D eigenvalue weighted by Crippen LogP contribution is -2.21. The average Bonchev–Trinajstić information content (AvgIpc) is 3.18. The molecule has 3 heterocycles. The molecule has 0 aliphatic rings. The van der Waals surface area contributed by atoms with E-state index in [-0.39, 0.29) is 10.6 Å². The Balaban J connectivity index is 1.60. The molecule has 2 aromatic carbocycles. The molecule has 0 atom stereocenters. The first kappa shape index (κ1) is 20.7. The summed E-state index contributed by atoms with van der Waals surface area (Å²) in [5.74, 6) is 0.559. The Labute approximate surface area is 191 Å². The summed E-state index contributed by atoms with van der Waals surface area (Å²) in [4.78, 5) is 27.1. The average molecular weight is 466 g/mol. The predicted molar refractivity (Wildman–Crippen MR) is 124 cm³/mol. The van der Waals surface area contributed by atoms with Crippen LogP contribution in [0.1, 0.15) is 17.1 Å². The second kappa shape index (κ2) is 8.03. The lowest BCUT2D eigenvalue weighted by atomic mass is 10.2. The van der Waals surface area contributed by atoms with Gasteiger partial charge in [-0.15, -0.1) is 0 Å². The van der Waals surface area contributed by atoms with Crippen LogP contribution >= 0.6 is 23.4 Å². The van der Waals surface area contributed by atoms with Gasteiger partial charge in [-0.2, -0.15) is 0 Å². The van der Waals surface area contributed by atoms with Crippen LogP contribution in [0.5, 0.6) is 0 Å². The van der Waals surface area contributed by atoms with E-state index in [1.165, 1.54) is 34.5 Å². The van der Waals surface area contributed by atoms with Crippen LogP contribution in [-0.2, 0) is 5.75 Å². The molecule has 32 heavy (non-hydrogen) atoms. The number of rotatable bonds is 4. The van der Waals surface area contributed by atoms with Crippen LogP contribution in [-0.4, -0.2) is 23.9 Å². The molecule has 0 saturated heterocycles. The first-order valence-electron chi connectivity index (χ1n) is 9.83. The van der Waals surface area contributed by atoms with E-state index in [9.17, 15) is 9.18 Å². The molecule has 0 aliphatic heterocycles. The SMILES string of the molecule is Cc1cc(C)n2cc(CSc3nc4ccccc4c(=O)n3-c3ccc(F)c(Cl)c3)nc2n1. The fraction of sp³-hybridized carbons (Fsp3) is 0.130. The molecule has 0 fully saturated rings. The monoisotopic (exact) mass is 465 g/mol. The molecule has 0 radical (unpaired) electrons. The second-order valence-electron chi connectivity index (χ2n) is 7.38. The maximum Gasteiger partial charge on any atom is 0.266 e. The fourth-order valence-corrected chi connectivity index (χ4v) is 4.66. The summed E-state index contributed by atoms with van der Waals surface area (Å²) in [7, 11) is 0. The van der Waals surface area contributed by atoms with Gasteiger partial charge < -0.3 is 0 Å². The quantitative estimate of drug-likeness (QED) is 0.272. The van der Waals surface area contributed by atoms with Crippen LogP contribution in [0.25, 0.3) is 22.4 Å². The van der Waals surface area contributed by atoms with Crippen molar-refractivity contribution >= 4 is 40.0 Å². The van der Waals surface area contributed by atoms with Gasteiger partial charge in [0, 0.05) is 23.3 Å². The van der Waals surface area contributed by atoms with Gasteiger partial charge in [0.2, 0.25) is 5.78 Å². The highest BCUT2D eigenvalue weighted by molar-refractivity contribution is 7.98. The molecule has 3 aromatic heterocycles. The topological polar surface area (TPSA) is 65.1 Å². The lowest BCUT2D eigenvalue weighted by Gasteiger charge is -2.13. The van der Waals surface area contributed by atoms with Crippen molar-refractivity contribution in [1.82, 2.24) is 23.9 Å². The Morgan fingerprint density at radius 1 is 1.06 bits per heavy atom. The van der Waals surface area contributed by atoms with E-state index in [0.717, 1.165) is 17.1 Å². The number of aryl methyl sites for hydroxylation is 2. The number of halogens is 2. The summed E-state index contributed by atoms with van der Waals surface area (Å²) in [6.45, 7) is 3.93. The number of imidazole rings is 1. The van der Waals surface area contributed by atoms with Crippen molar-refractivity contribution < 1.29 is 4.39 Å². The largest absolute Gasteiger partial charge is 0.288 e. The van der Waals surface area contributed by atoms with Crippen LogP contribution in [0.2, 0.25) is 5.02 Å². The van der Waals surface area contributed by atoms with Gasteiger partial charge in [-0.05, 0) is 50.2 Å². The van der Waals surface area contributed by atoms with Crippen LogP contribution in [0.15, 0.2) is 64.7 Å². The Bertz CT molecular complexity index is 1560. The van der Waals surface area contributed by atoms with E-state index in [1.807, 2.05) is 36.6 Å². The smallest absolute Gasteiger partial charge is 0.266 e. The molecule has 0 aliphatic carbocycles. The highest BCUT2D eigenvalue weighted by Gasteiger charge is 2.16. The molecule has 0 spiro atoms. The standard InChI is InChI=1S/C23H17ClFN5OS/c1-13-9-14(2)29-11-15(27-22(29)26-13)12-32-23-28-20-6-4-3-5-17(20)21(31)30(23)16-7-8-19(25)18(24)10-16/h3-11H,12H2,1-2H3. The number of aromatic nitrogens is 5. The first-order valence-corrected chi connectivity index (χ1v) is 11.2. The van der Waals surface area contributed by atoms with E-state index in [2.05, 4.69) is 9.97 Å². The lowest BCUT2D eigenvalue weighted by molar-refractivity contribution is 0.627. The summed E-state index contributed by atoms with van der Waals surface area (Å²) in [6, 6.07) is 13.3. The third-order valence-electron chi connectivity index (χ3n) is 5.07. The maximum atomic E-state index is 13.7. The predicted octanol–water partition coefficient (Wildman–Crippen LogP) is 5.13. The minimum absolute atomic E-state index is 0.0595. The Morgan fingerprint density at radius 2 is 1.88 bits per heavy atom. The molecular formula is C23H17ClFN5OS. The van der Waals surface area contributed by atoms with Crippen molar-refractivity contribution in [2.24, 2.45) is 0 Å². The van der Waals surface area contributed by atoms with E-state index in [4.69, 9.17) is 16.6 Å². The summed E-state index contributed by atoms with van der Waals surface area (Å²) in [5.41, 5.74) is 3.54. The van der Waals surface area contributed by atoms with E-state index >= 15 is 0 Å². The van der Waals surface area contributed by atoms with Crippen LogP contribution in [0.3, 0.4) is 0 Å². The van der Waals surface area contributed by atoms with Crippen LogP contribution < -0.4 is 5.56 Å². The summed E-state index contributed by atoms with van der Waals surface area (Å²) < 4.78 is 17.1. The van der Waals surface area contributed by atoms with Gasteiger partial charge in [0.25, 0.3) is 5.56 Å². The molecule has 0 saturated carbocycles. The van der Waals surface area contributed by atoms with Crippen molar-refractivity contribution in [1.29, 1.82) is 0 Å². The van der Waals surface area contributed by atoms with E-state index < -0.39 is 5.82 Å². The Hall–Kier alpha value is -3.23. The van der Waals surface area contributed by atoms with E-state index in [0.29, 0.717) is 33.3 Å². The molecule has 5 rings (SSSR count). The van der Waals surface area contributed by atoms with Crippen molar-refractivity contribution in [3.8, 4) is 5.69 Å². The molecule has 5 aromatic rings. The molecule has 0 bridgehead atoms. The summed E-state index contributed by atoms with van der Waals surface area (Å²) in [6.07, 6.45) is 1.93. The summed E-state index contributed by atoms with van der Waals surface area (Å²) >= 11 is 7.37. The number of hydrogen-bond donors (Lipinski definition) is 0. The van der Waals surface area contributed by atoms with Crippen molar-refractivity contribution in [3.05, 3.63) is 93.0 Å². The third kappa shape index (κ3) is 3.65. The highest BCUT2D eigenvalue weighted by atomic mass is 35.5. The maximum absolute atomic E-state index is 13.7. The van der Waals surface area contributed by atoms with E-state index in [1.54, 1.807) is 18.2 Å². The normalized spacial score (nSPS) is 11.5. The van der Waals surface area contributed by atoms with Crippen molar-refractivity contribution in [2.45, 2.75) is 24.8 Å². The molecule has 0 amide bonds. The zero-order chi connectivity index (χ0) is 22.4. The minimum atomic E-state index is -0.547. The molecule has 9 heteroatoms. The molecule has 6 nitrogen and oxygen atoms in total. The van der Waals surface area contributed by atoms with Crippen molar-refractivity contribution in [3.63, 3.8) is 0 Å². The number of benzene rings is 2. The molecule has 0 N–H and O–H groups in total. The minimum Gasteiger partial charge on any atom is -0.288 e. The highest BCUT2D eigenvalue weighted by Crippen LogP contribution is 2.26. The Morgan fingerprint density at radius 3 is 2.69 bits per heavy atom. The fourth-order valence-electron chi connectivity index (χ4n) is 3.59. The van der Waals surface area contributed by atoms with Gasteiger partial charge in [-0.1, -0.05) is 35.5 Å². The molecular weight excluding hydrogens is 449 g/mol. The van der Waals surface area contributed by atoms with Gasteiger partial charge in [-0.25, -0.2) is 19.3 Å². The first-order chi connectivity index (χ1) is 15.4. The van der Waals surface area contributed by atoms with Crippen molar-refractivity contribution in [2.75, 3.05) is 0 Å². The molecule has 0 unspecified atom stereocenters. The van der Waals surface area contributed by atoms with Gasteiger partial charge >= 0.3 is 0 Å². The number of fused-ring (bicyclic) bond motifs is 2. The second-order valence-corrected chi connectivity index (χ2v) is 8.73. The Kier molecular flexibility index (Phi) is 5.19. The zero-order valence-electron chi connectivity index (χ0n) is 17.2. The van der Waals surface area contributed by atoms with Crippen LogP contribution in [0.4, 0.5) is 4.39 Å². The van der Waals surface area contributed by atoms with Gasteiger partial charge in [0.15, 0.2) is 5.16 Å².